The first-order valence-electron chi connectivity index (χ1n) is 10.1. The number of carbonyl (C=O) groups is 1. The molecule has 0 bridgehead atoms. The molecule has 3 N–H and O–H groups in total. The lowest BCUT2D eigenvalue weighted by Crippen LogP contribution is -2.49. The number of sulfone groups is 1. The molecule has 3 atom stereocenters. The molecule has 6 nitrogen and oxygen atoms in total. The number of ether oxygens (including phenoxy) is 1. The smallest absolute Gasteiger partial charge is 0.408 e. The summed E-state index contributed by atoms with van der Waals surface area (Å²) in [6.07, 6.45) is 0.211. The summed E-state index contributed by atoms with van der Waals surface area (Å²) >= 11 is 0. The summed E-state index contributed by atoms with van der Waals surface area (Å²) in [4.78, 5) is 12.8. The fourth-order valence-electron chi connectivity index (χ4n) is 3.99. The van der Waals surface area contributed by atoms with E-state index in [-0.39, 0.29) is 11.4 Å². The Kier molecular flexibility index (Phi) is 5.98. The molecular formula is C23H30N2O4S. The van der Waals surface area contributed by atoms with Gasteiger partial charge in [0, 0.05) is 12.5 Å². The van der Waals surface area contributed by atoms with Crippen LogP contribution in [0.25, 0.3) is 0 Å². The second-order valence-electron chi connectivity index (χ2n) is 8.72. The van der Waals surface area contributed by atoms with Crippen LogP contribution in [0.15, 0.2) is 59.5 Å². The molecule has 1 aliphatic rings. The fraction of sp³-hybridized carbons (Fsp3) is 0.435. The molecular weight excluding hydrogens is 400 g/mol. The van der Waals surface area contributed by atoms with Crippen LogP contribution in [0.1, 0.15) is 44.7 Å². The number of hydrogen-bond donors (Lipinski definition) is 2. The zero-order valence-electron chi connectivity index (χ0n) is 17.9. The van der Waals surface area contributed by atoms with Crippen molar-refractivity contribution in [3.63, 3.8) is 0 Å². The van der Waals surface area contributed by atoms with E-state index in [0.29, 0.717) is 0 Å². The normalized spacial score (nSPS) is 23.6. The van der Waals surface area contributed by atoms with Crippen molar-refractivity contribution in [1.29, 1.82) is 0 Å². The Morgan fingerprint density at radius 2 is 1.70 bits per heavy atom. The first kappa shape index (κ1) is 22.3. The van der Waals surface area contributed by atoms with Gasteiger partial charge in [-0.2, -0.15) is 0 Å². The van der Waals surface area contributed by atoms with Gasteiger partial charge in [-0.3, -0.25) is 0 Å². The maximum atomic E-state index is 13.5. The Balaban J connectivity index is 2.02. The maximum absolute atomic E-state index is 13.5. The van der Waals surface area contributed by atoms with E-state index in [4.69, 9.17) is 10.5 Å². The van der Waals surface area contributed by atoms with E-state index in [0.717, 1.165) is 17.5 Å². The zero-order chi connectivity index (χ0) is 22.2. The molecule has 1 fully saturated rings. The van der Waals surface area contributed by atoms with Crippen molar-refractivity contribution in [2.75, 3.05) is 6.54 Å². The number of rotatable bonds is 6. The lowest BCUT2D eigenvalue weighted by molar-refractivity contribution is 0.0497. The van der Waals surface area contributed by atoms with Gasteiger partial charge < -0.3 is 15.8 Å². The van der Waals surface area contributed by atoms with Crippen LogP contribution in [0.5, 0.6) is 0 Å². The molecule has 2 aromatic rings. The van der Waals surface area contributed by atoms with E-state index in [1.807, 2.05) is 24.3 Å². The van der Waals surface area contributed by atoms with E-state index < -0.39 is 38.2 Å². The lowest BCUT2D eigenvalue weighted by Gasteiger charge is -2.24. The Morgan fingerprint density at radius 1 is 1.10 bits per heavy atom. The molecule has 0 radical (unpaired) electrons. The molecule has 0 aromatic heterocycles. The average Bonchev–Trinajstić information content (AvgIpc) is 3.36. The second kappa shape index (κ2) is 8.04. The maximum Gasteiger partial charge on any atom is 0.408 e. The first-order chi connectivity index (χ1) is 14.0. The van der Waals surface area contributed by atoms with Crippen LogP contribution in [0.3, 0.4) is 0 Å². The summed E-state index contributed by atoms with van der Waals surface area (Å²) in [5.41, 5.74) is 6.24. The van der Waals surface area contributed by atoms with Crippen LogP contribution in [-0.4, -0.2) is 37.4 Å². The van der Waals surface area contributed by atoms with Gasteiger partial charge in [-0.1, -0.05) is 49.4 Å². The van der Waals surface area contributed by atoms with E-state index in [1.165, 1.54) is 0 Å². The molecule has 1 saturated carbocycles. The van der Waals surface area contributed by atoms with Gasteiger partial charge in [-0.15, -0.1) is 0 Å². The van der Waals surface area contributed by atoms with Crippen LogP contribution < -0.4 is 11.1 Å². The number of nitrogens with two attached hydrogens (primary N) is 1. The topological polar surface area (TPSA) is 98.5 Å². The van der Waals surface area contributed by atoms with Crippen LogP contribution in [0, 0.1) is 0 Å². The lowest BCUT2D eigenvalue weighted by atomic mass is 10.0. The predicted molar refractivity (Wildman–Crippen MR) is 117 cm³/mol. The molecule has 0 heterocycles. The minimum atomic E-state index is -3.74. The summed E-state index contributed by atoms with van der Waals surface area (Å²) in [7, 11) is -3.74. The monoisotopic (exact) mass is 430 g/mol. The Bertz CT molecular complexity index is 998. The molecule has 0 spiro atoms. The van der Waals surface area contributed by atoms with E-state index in [9.17, 15) is 13.2 Å². The van der Waals surface area contributed by atoms with Crippen molar-refractivity contribution >= 4 is 15.9 Å². The van der Waals surface area contributed by atoms with Gasteiger partial charge in [-0.05, 0) is 50.5 Å². The van der Waals surface area contributed by atoms with Crippen LogP contribution in [0.4, 0.5) is 4.79 Å². The Hall–Kier alpha value is -2.38. The molecule has 30 heavy (non-hydrogen) atoms. The highest BCUT2D eigenvalue weighted by Gasteiger charge is 2.71. The predicted octanol–water partition coefficient (Wildman–Crippen LogP) is 3.41. The minimum Gasteiger partial charge on any atom is -0.444 e. The van der Waals surface area contributed by atoms with Gasteiger partial charge in [0.1, 0.15) is 10.9 Å². The highest BCUT2D eigenvalue weighted by atomic mass is 32.2. The second-order valence-corrected chi connectivity index (χ2v) is 10.8. The molecule has 0 saturated heterocycles. The molecule has 1 aliphatic carbocycles. The SMILES string of the molecule is CCc1ccc([C@@H]2[C@@H](S(=O)(=O)c3ccccc3)[C@@]2(CN)NC(=O)OC(C)(C)C)cc1. The zero-order valence-corrected chi connectivity index (χ0v) is 18.7. The van der Waals surface area contributed by atoms with Gasteiger partial charge in [0.2, 0.25) is 0 Å². The number of hydrogen-bond acceptors (Lipinski definition) is 5. The highest BCUT2D eigenvalue weighted by molar-refractivity contribution is 7.92. The average molecular weight is 431 g/mol. The molecule has 7 heteroatoms. The molecule has 1 amide bonds. The Labute approximate surface area is 178 Å². The largest absolute Gasteiger partial charge is 0.444 e. The summed E-state index contributed by atoms with van der Waals surface area (Å²) in [6.45, 7) is 7.31. The standard InChI is InChI=1S/C23H30N2O4S/c1-5-16-11-13-17(14-12-16)19-20(30(27,28)18-9-7-6-8-10-18)23(19,15-24)25-21(26)29-22(2,3)4/h6-14,19-20H,5,15,24H2,1-4H3,(H,25,26)/t19-,20-,23+/m1/s1. The van der Waals surface area contributed by atoms with E-state index in [2.05, 4.69) is 12.2 Å². The summed E-state index contributed by atoms with van der Waals surface area (Å²) in [5.74, 6) is -0.467. The van der Waals surface area contributed by atoms with Crippen LogP contribution in [-0.2, 0) is 21.0 Å². The molecule has 0 aliphatic heterocycles. The van der Waals surface area contributed by atoms with Crippen molar-refractivity contribution in [1.82, 2.24) is 5.32 Å². The molecule has 3 rings (SSSR count). The third-order valence-corrected chi connectivity index (χ3v) is 7.77. The van der Waals surface area contributed by atoms with Crippen LogP contribution in [0.2, 0.25) is 0 Å². The van der Waals surface area contributed by atoms with Crippen molar-refractivity contribution < 1.29 is 17.9 Å². The third-order valence-electron chi connectivity index (χ3n) is 5.48. The summed E-state index contributed by atoms with van der Waals surface area (Å²) in [6, 6.07) is 16.1. The van der Waals surface area contributed by atoms with Gasteiger partial charge in [0.25, 0.3) is 0 Å². The van der Waals surface area contributed by atoms with Crippen LogP contribution >= 0.6 is 0 Å². The van der Waals surface area contributed by atoms with Crippen molar-refractivity contribution in [2.24, 2.45) is 5.73 Å². The Morgan fingerprint density at radius 3 is 2.20 bits per heavy atom. The number of benzene rings is 2. The van der Waals surface area contributed by atoms with Crippen molar-refractivity contribution in [2.45, 2.75) is 61.3 Å². The van der Waals surface area contributed by atoms with Gasteiger partial charge in [0.15, 0.2) is 9.84 Å². The quantitative estimate of drug-likeness (QED) is 0.732. The number of amides is 1. The number of nitrogens with one attached hydrogen (secondary N) is 1. The molecule has 162 valence electrons. The van der Waals surface area contributed by atoms with Gasteiger partial charge in [0.05, 0.1) is 10.4 Å². The number of alkyl carbamates (subject to hydrolysis) is 1. The van der Waals surface area contributed by atoms with E-state index in [1.54, 1.807) is 51.1 Å². The third kappa shape index (κ3) is 4.23. The van der Waals surface area contributed by atoms with Gasteiger partial charge >= 0.3 is 6.09 Å². The minimum absolute atomic E-state index is 0.0246. The first-order valence-corrected chi connectivity index (χ1v) is 11.7. The van der Waals surface area contributed by atoms with Crippen molar-refractivity contribution in [3.8, 4) is 0 Å². The number of aryl methyl sites for hydroxylation is 1. The summed E-state index contributed by atoms with van der Waals surface area (Å²) in [5, 5.41) is 1.93. The molecule has 2 aromatic carbocycles. The van der Waals surface area contributed by atoms with Gasteiger partial charge in [-0.25, -0.2) is 13.2 Å². The van der Waals surface area contributed by atoms with Crippen molar-refractivity contribution in [3.05, 3.63) is 65.7 Å². The molecule has 0 unspecified atom stereocenters. The highest BCUT2D eigenvalue weighted by Crippen LogP contribution is 2.57. The van der Waals surface area contributed by atoms with E-state index >= 15 is 0 Å². The fourth-order valence-corrected chi connectivity index (χ4v) is 6.35. The number of carbonyl (C=O) groups excluding carboxylic acids is 1. The summed E-state index contributed by atoms with van der Waals surface area (Å²) < 4.78 is 32.4.